The van der Waals surface area contributed by atoms with Crippen LogP contribution in [0.5, 0.6) is 0 Å². The summed E-state index contributed by atoms with van der Waals surface area (Å²) in [6, 6.07) is 2.15. The van der Waals surface area contributed by atoms with Gasteiger partial charge in [0.25, 0.3) is 0 Å². The Balaban J connectivity index is 1.96. The number of morpholine rings is 1. The average molecular weight is 277 g/mol. The number of hydrogen-bond acceptors (Lipinski definition) is 6. The lowest BCUT2D eigenvalue weighted by Crippen LogP contribution is -2.36. The van der Waals surface area contributed by atoms with Crippen molar-refractivity contribution in [3.63, 3.8) is 0 Å². The number of hydrogen-bond donors (Lipinski definition) is 1. The van der Waals surface area contributed by atoms with Crippen LogP contribution < -0.4 is 10.6 Å². The summed E-state index contributed by atoms with van der Waals surface area (Å²) >= 11 is 1.37. The second kappa shape index (κ2) is 4.83. The minimum absolute atomic E-state index is 0.110. The molecule has 0 radical (unpaired) electrons. The fourth-order valence-electron chi connectivity index (χ4n) is 2.24. The largest absolute Gasteiger partial charge is 0.396 e. The van der Waals surface area contributed by atoms with Gasteiger partial charge in [-0.2, -0.15) is 5.26 Å². The van der Waals surface area contributed by atoms with E-state index in [-0.39, 0.29) is 11.7 Å². The van der Waals surface area contributed by atoms with Crippen molar-refractivity contribution in [3.8, 4) is 6.07 Å². The first kappa shape index (κ1) is 12.5. The lowest BCUT2D eigenvalue weighted by molar-refractivity contribution is 0.0972. The van der Waals surface area contributed by atoms with E-state index in [0.717, 1.165) is 30.9 Å². The molecule has 1 saturated carbocycles. The van der Waals surface area contributed by atoms with E-state index in [0.29, 0.717) is 29.3 Å². The fourth-order valence-corrected chi connectivity index (χ4v) is 3.48. The van der Waals surface area contributed by atoms with Gasteiger partial charge in [-0.15, -0.1) is 11.3 Å². The maximum Gasteiger partial charge on any atom is 0.178 e. The molecule has 2 fully saturated rings. The van der Waals surface area contributed by atoms with Gasteiger partial charge in [-0.25, -0.2) is 0 Å². The molecule has 1 aromatic heterocycles. The number of ketones is 1. The van der Waals surface area contributed by atoms with E-state index in [1.807, 2.05) is 0 Å². The molecule has 0 bridgehead atoms. The highest BCUT2D eigenvalue weighted by Crippen LogP contribution is 2.42. The van der Waals surface area contributed by atoms with Crippen LogP contribution in [0.25, 0.3) is 0 Å². The molecule has 0 amide bonds. The molecule has 1 aliphatic heterocycles. The van der Waals surface area contributed by atoms with Crippen LogP contribution in [0, 0.1) is 17.2 Å². The molecule has 100 valence electrons. The molecule has 0 unspecified atom stereocenters. The van der Waals surface area contributed by atoms with Crippen molar-refractivity contribution < 1.29 is 9.53 Å². The molecule has 2 heterocycles. The number of ether oxygens (including phenoxy) is 1. The molecule has 1 aromatic rings. The molecule has 5 nitrogen and oxygen atoms in total. The Morgan fingerprint density at radius 3 is 2.68 bits per heavy atom. The Kier molecular flexibility index (Phi) is 3.17. The van der Waals surface area contributed by atoms with Gasteiger partial charge in [0, 0.05) is 19.0 Å². The second-order valence-corrected chi connectivity index (χ2v) is 5.87. The summed E-state index contributed by atoms with van der Waals surface area (Å²) in [4.78, 5) is 14.8. The van der Waals surface area contributed by atoms with Gasteiger partial charge >= 0.3 is 0 Å². The number of anilines is 2. The third kappa shape index (κ3) is 2.20. The van der Waals surface area contributed by atoms with E-state index in [1.165, 1.54) is 11.3 Å². The van der Waals surface area contributed by atoms with Gasteiger partial charge in [0.1, 0.15) is 16.6 Å². The molecule has 1 saturated heterocycles. The number of nitrogen functional groups attached to an aromatic ring is 1. The number of nitrogens with zero attached hydrogens (tertiary/aromatic N) is 2. The van der Waals surface area contributed by atoms with E-state index in [9.17, 15) is 10.1 Å². The SMILES string of the molecule is N#Cc1c(N2CCOCC2)sc(C(=O)C2CC2)c1N. The van der Waals surface area contributed by atoms with Crippen molar-refractivity contribution >= 4 is 27.8 Å². The number of carbonyl (C=O) groups excluding carboxylic acids is 1. The first-order valence-corrected chi connectivity index (χ1v) is 7.23. The van der Waals surface area contributed by atoms with Crippen molar-refractivity contribution in [2.75, 3.05) is 36.9 Å². The monoisotopic (exact) mass is 277 g/mol. The zero-order valence-electron chi connectivity index (χ0n) is 10.5. The van der Waals surface area contributed by atoms with Crippen LogP contribution in [0.3, 0.4) is 0 Å². The Hall–Kier alpha value is -1.58. The van der Waals surface area contributed by atoms with Crippen LogP contribution in [-0.4, -0.2) is 32.1 Å². The summed E-state index contributed by atoms with van der Waals surface area (Å²) in [5, 5.41) is 10.1. The number of rotatable bonds is 3. The van der Waals surface area contributed by atoms with Crippen molar-refractivity contribution in [1.82, 2.24) is 0 Å². The van der Waals surface area contributed by atoms with Crippen molar-refractivity contribution in [2.24, 2.45) is 5.92 Å². The third-order valence-electron chi connectivity index (χ3n) is 3.51. The highest BCUT2D eigenvalue weighted by Gasteiger charge is 2.34. The van der Waals surface area contributed by atoms with Gasteiger partial charge in [0.2, 0.25) is 0 Å². The average Bonchev–Trinajstić information content (AvgIpc) is 3.23. The second-order valence-electron chi connectivity index (χ2n) is 4.87. The molecule has 19 heavy (non-hydrogen) atoms. The third-order valence-corrected chi connectivity index (χ3v) is 4.79. The maximum atomic E-state index is 12.2. The Morgan fingerprint density at radius 1 is 1.42 bits per heavy atom. The van der Waals surface area contributed by atoms with Crippen LogP contribution >= 0.6 is 11.3 Å². The number of nitrogens with two attached hydrogens (primary N) is 1. The van der Waals surface area contributed by atoms with Gasteiger partial charge < -0.3 is 15.4 Å². The van der Waals surface area contributed by atoms with Crippen LogP contribution in [0.2, 0.25) is 0 Å². The maximum absolute atomic E-state index is 12.2. The lowest BCUT2D eigenvalue weighted by atomic mass is 10.1. The highest BCUT2D eigenvalue weighted by molar-refractivity contribution is 7.19. The molecule has 2 aliphatic rings. The fraction of sp³-hybridized carbons (Fsp3) is 0.538. The predicted molar refractivity (Wildman–Crippen MR) is 73.5 cm³/mol. The van der Waals surface area contributed by atoms with E-state index in [4.69, 9.17) is 10.5 Å². The van der Waals surface area contributed by atoms with E-state index in [1.54, 1.807) is 0 Å². The van der Waals surface area contributed by atoms with Crippen molar-refractivity contribution in [3.05, 3.63) is 10.4 Å². The van der Waals surface area contributed by atoms with E-state index >= 15 is 0 Å². The minimum atomic E-state index is 0.110. The molecule has 6 heteroatoms. The summed E-state index contributed by atoms with van der Waals surface area (Å²) in [7, 11) is 0. The zero-order chi connectivity index (χ0) is 13.4. The zero-order valence-corrected chi connectivity index (χ0v) is 11.3. The van der Waals surface area contributed by atoms with Crippen molar-refractivity contribution in [1.29, 1.82) is 5.26 Å². The molecular weight excluding hydrogens is 262 g/mol. The molecule has 0 atom stereocenters. The number of nitriles is 1. The van der Waals surface area contributed by atoms with Gasteiger partial charge in [-0.1, -0.05) is 0 Å². The summed E-state index contributed by atoms with van der Waals surface area (Å²) in [6.07, 6.45) is 1.90. The summed E-state index contributed by atoms with van der Waals surface area (Å²) in [5.41, 5.74) is 6.82. The predicted octanol–water partition coefficient (Wildman–Crippen LogP) is 1.63. The molecule has 2 N–H and O–H groups in total. The normalized spacial score (nSPS) is 19.2. The number of carbonyl (C=O) groups is 1. The number of Topliss-reactive ketones (excluding diaryl/α,β-unsaturated/α-hetero) is 1. The van der Waals surface area contributed by atoms with E-state index < -0.39 is 0 Å². The van der Waals surface area contributed by atoms with Crippen molar-refractivity contribution in [2.45, 2.75) is 12.8 Å². The number of thiophene rings is 1. The molecule has 0 spiro atoms. The molecule has 3 rings (SSSR count). The summed E-state index contributed by atoms with van der Waals surface area (Å²) in [5.74, 6) is 0.239. The van der Waals surface area contributed by atoms with Gasteiger partial charge in [-0.05, 0) is 12.8 Å². The van der Waals surface area contributed by atoms with Crippen LogP contribution in [0.15, 0.2) is 0 Å². The highest BCUT2D eigenvalue weighted by atomic mass is 32.1. The van der Waals surface area contributed by atoms with Gasteiger partial charge in [0.15, 0.2) is 5.78 Å². The molecular formula is C13H15N3O2S. The molecule has 0 aromatic carbocycles. The van der Waals surface area contributed by atoms with Crippen LogP contribution in [0.4, 0.5) is 10.7 Å². The van der Waals surface area contributed by atoms with Gasteiger partial charge in [0.05, 0.1) is 23.8 Å². The topological polar surface area (TPSA) is 79.4 Å². The van der Waals surface area contributed by atoms with Gasteiger partial charge in [-0.3, -0.25) is 4.79 Å². The lowest BCUT2D eigenvalue weighted by Gasteiger charge is -2.27. The first-order chi connectivity index (χ1) is 9.22. The molecule has 1 aliphatic carbocycles. The quantitative estimate of drug-likeness (QED) is 0.849. The minimum Gasteiger partial charge on any atom is -0.396 e. The Labute approximate surface area is 115 Å². The van der Waals surface area contributed by atoms with Crippen LogP contribution in [-0.2, 0) is 4.74 Å². The Morgan fingerprint density at radius 2 is 2.11 bits per heavy atom. The summed E-state index contributed by atoms with van der Waals surface area (Å²) in [6.45, 7) is 2.78. The first-order valence-electron chi connectivity index (χ1n) is 6.41. The Bertz CT molecular complexity index is 551. The van der Waals surface area contributed by atoms with Crippen LogP contribution in [0.1, 0.15) is 28.1 Å². The summed E-state index contributed by atoms with van der Waals surface area (Å²) < 4.78 is 5.31. The smallest absolute Gasteiger partial charge is 0.178 e. The standard InChI is InChI=1S/C13H15N3O2S/c14-7-9-10(15)12(11(17)8-1-2-8)19-13(9)16-3-5-18-6-4-16/h8H,1-6,15H2. The van der Waals surface area contributed by atoms with E-state index in [2.05, 4.69) is 11.0 Å².